The Balaban J connectivity index is 2.66. The van der Waals surface area contributed by atoms with Gasteiger partial charge in [-0.15, -0.1) is 0 Å². The average Bonchev–Trinajstić information content (AvgIpc) is 2.18. The van der Waals surface area contributed by atoms with Crippen molar-refractivity contribution in [2.75, 3.05) is 0 Å². The molecule has 2 aromatic rings. The first-order valence-corrected chi connectivity index (χ1v) is 6.10. The topological polar surface area (TPSA) is 22.1 Å². The fourth-order valence-corrected chi connectivity index (χ4v) is 2.30. The minimum atomic E-state index is 0.159. The second-order valence-electron chi connectivity index (χ2n) is 4.06. The van der Waals surface area contributed by atoms with Crippen LogP contribution in [0.15, 0.2) is 28.7 Å². The Bertz CT molecular complexity index is 523. The van der Waals surface area contributed by atoms with Gasteiger partial charge in [0, 0.05) is 15.6 Å². The number of rotatable bonds is 2. The van der Waals surface area contributed by atoms with E-state index in [4.69, 9.17) is 4.74 Å². The molecular weight excluding hydrogens is 266 g/mol. The minimum Gasteiger partial charge on any atom is -0.489 e. The van der Waals surface area contributed by atoms with Gasteiger partial charge in [0.25, 0.3) is 0 Å². The number of aromatic nitrogens is 1. The number of hydrogen-bond acceptors (Lipinski definition) is 2. The van der Waals surface area contributed by atoms with Gasteiger partial charge in [-0.05, 0) is 32.9 Å². The quantitative estimate of drug-likeness (QED) is 0.826. The van der Waals surface area contributed by atoms with E-state index in [1.54, 1.807) is 0 Å². The standard InChI is InChI=1S/C13H14BrNO/c1-8(2)16-12-6-4-5-10-11(14)7-9(3)15-13(10)12/h4-8H,1-3H3. The molecule has 0 unspecified atom stereocenters. The molecule has 16 heavy (non-hydrogen) atoms. The van der Waals surface area contributed by atoms with Gasteiger partial charge in [0.2, 0.25) is 0 Å². The van der Waals surface area contributed by atoms with E-state index in [2.05, 4.69) is 20.9 Å². The number of hydrogen-bond donors (Lipinski definition) is 0. The number of aryl methyl sites for hydroxylation is 1. The van der Waals surface area contributed by atoms with Crippen molar-refractivity contribution < 1.29 is 4.74 Å². The van der Waals surface area contributed by atoms with Crippen LogP contribution < -0.4 is 4.74 Å². The van der Waals surface area contributed by atoms with Gasteiger partial charge in [-0.1, -0.05) is 28.1 Å². The van der Waals surface area contributed by atoms with Crippen LogP contribution in [0.5, 0.6) is 5.75 Å². The second kappa shape index (κ2) is 4.42. The number of benzene rings is 1. The maximum atomic E-state index is 5.75. The molecule has 0 bridgehead atoms. The Kier molecular flexibility index (Phi) is 3.15. The van der Waals surface area contributed by atoms with E-state index in [0.29, 0.717) is 0 Å². The molecule has 2 rings (SSSR count). The summed E-state index contributed by atoms with van der Waals surface area (Å²) in [6, 6.07) is 8.00. The Morgan fingerprint density at radius 1 is 1.31 bits per heavy atom. The van der Waals surface area contributed by atoms with Gasteiger partial charge in [-0.25, -0.2) is 4.98 Å². The predicted molar refractivity (Wildman–Crippen MR) is 69.9 cm³/mol. The Labute approximate surface area is 104 Å². The lowest BCUT2D eigenvalue weighted by Gasteiger charge is -2.12. The number of para-hydroxylation sites is 1. The molecular formula is C13H14BrNO. The van der Waals surface area contributed by atoms with Gasteiger partial charge in [0.1, 0.15) is 11.3 Å². The highest BCUT2D eigenvalue weighted by molar-refractivity contribution is 9.10. The summed E-state index contributed by atoms with van der Waals surface area (Å²) in [5.74, 6) is 0.844. The van der Waals surface area contributed by atoms with Crippen LogP contribution in [-0.4, -0.2) is 11.1 Å². The molecule has 0 radical (unpaired) electrons. The molecule has 3 heteroatoms. The summed E-state index contributed by atoms with van der Waals surface area (Å²) in [7, 11) is 0. The first-order valence-electron chi connectivity index (χ1n) is 5.30. The molecule has 1 heterocycles. The number of fused-ring (bicyclic) bond motifs is 1. The Morgan fingerprint density at radius 3 is 2.75 bits per heavy atom. The van der Waals surface area contributed by atoms with Gasteiger partial charge < -0.3 is 4.74 Å². The molecule has 0 aliphatic heterocycles. The summed E-state index contributed by atoms with van der Waals surface area (Å²) in [6.45, 7) is 6.02. The molecule has 0 fully saturated rings. The van der Waals surface area contributed by atoms with E-state index in [-0.39, 0.29) is 6.10 Å². The minimum absolute atomic E-state index is 0.159. The van der Waals surface area contributed by atoms with Gasteiger partial charge in [0.15, 0.2) is 0 Å². The van der Waals surface area contributed by atoms with Gasteiger partial charge >= 0.3 is 0 Å². The van der Waals surface area contributed by atoms with Gasteiger partial charge in [0.05, 0.1) is 6.10 Å². The largest absolute Gasteiger partial charge is 0.489 e. The van der Waals surface area contributed by atoms with Crippen LogP contribution in [-0.2, 0) is 0 Å². The summed E-state index contributed by atoms with van der Waals surface area (Å²) >= 11 is 3.55. The lowest BCUT2D eigenvalue weighted by Crippen LogP contribution is -2.06. The third kappa shape index (κ3) is 2.19. The summed E-state index contributed by atoms with van der Waals surface area (Å²) in [4.78, 5) is 4.53. The third-order valence-corrected chi connectivity index (χ3v) is 2.90. The van der Waals surface area contributed by atoms with Crippen LogP contribution in [0, 0.1) is 6.92 Å². The lowest BCUT2D eigenvalue weighted by molar-refractivity contribution is 0.245. The number of ether oxygens (including phenoxy) is 1. The average molecular weight is 280 g/mol. The molecule has 0 aliphatic rings. The zero-order chi connectivity index (χ0) is 11.7. The summed E-state index contributed by atoms with van der Waals surface area (Å²) < 4.78 is 6.81. The van der Waals surface area contributed by atoms with Crippen molar-refractivity contribution in [2.24, 2.45) is 0 Å². The lowest BCUT2D eigenvalue weighted by atomic mass is 10.2. The van der Waals surface area contributed by atoms with Crippen LogP contribution in [0.2, 0.25) is 0 Å². The van der Waals surface area contributed by atoms with Crippen molar-refractivity contribution >= 4 is 26.8 Å². The highest BCUT2D eigenvalue weighted by Gasteiger charge is 2.08. The first-order chi connectivity index (χ1) is 7.58. The number of pyridine rings is 1. The van der Waals surface area contributed by atoms with Crippen LogP contribution >= 0.6 is 15.9 Å². The highest BCUT2D eigenvalue weighted by atomic mass is 79.9. The van der Waals surface area contributed by atoms with Crippen molar-refractivity contribution in [1.29, 1.82) is 0 Å². The van der Waals surface area contributed by atoms with E-state index in [1.165, 1.54) is 0 Å². The molecule has 0 saturated carbocycles. The van der Waals surface area contributed by atoms with Crippen LogP contribution in [0.4, 0.5) is 0 Å². The number of nitrogens with zero attached hydrogens (tertiary/aromatic N) is 1. The monoisotopic (exact) mass is 279 g/mol. The molecule has 2 nitrogen and oxygen atoms in total. The highest BCUT2D eigenvalue weighted by Crippen LogP contribution is 2.30. The van der Waals surface area contributed by atoms with Crippen molar-refractivity contribution in [1.82, 2.24) is 4.98 Å². The molecule has 84 valence electrons. The SMILES string of the molecule is Cc1cc(Br)c2cccc(OC(C)C)c2n1. The van der Waals surface area contributed by atoms with Crippen molar-refractivity contribution in [3.05, 3.63) is 34.4 Å². The van der Waals surface area contributed by atoms with Crippen LogP contribution in [0.25, 0.3) is 10.9 Å². The first kappa shape index (κ1) is 11.4. The van der Waals surface area contributed by atoms with Crippen molar-refractivity contribution in [3.8, 4) is 5.75 Å². The van der Waals surface area contributed by atoms with Gasteiger partial charge in [-0.3, -0.25) is 0 Å². The predicted octanol–water partition coefficient (Wildman–Crippen LogP) is 4.09. The molecule has 0 spiro atoms. The van der Waals surface area contributed by atoms with Gasteiger partial charge in [-0.2, -0.15) is 0 Å². The summed E-state index contributed by atoms with van der Waals surface area (Å²) in [5, 5.41) is 1.09. The number of halogens is 1. The van der Waals surface area contributed by atoms with Crippen LogP contribution in [0.3, 0.4) is 0 Å². The molecule has 1 aromatic carbocycles. The van der Waals surface area contributed by atoms with E-state index >= 15 is 0 Å². The van der Waals surface area contributed by atoms with Crippen molar-refractivity contribution in [3.63, 3.8) is 0 Å². The maximum Gasteiger partial charge on any atom is 0.145 e. The molecule has 0 aliphatic carbocycles. The van der Waals surface area contributed by atoms with Crippen molar-refractivity contribution in [2.45, 2.75) is 26.9 Å². The molecule has 0 N–H and O–H groups in total. The molecule has 0 saturated heterocycles. The fraction of sp³-hybridized carbons (Fsp3) is 0.308. The normalized spacial score (nSPS) is 11.1. The zero-order valence-electron chi connectivity index (χ0n) is 9.62. The Morgan fingerprint density at radius 2 is 2.06 bits per heavy atom. The van der Waals surface area contributed by atoms with E-state index in [0.717, 1.165) is 26.8 Å². The molecule has 0 amide bonds. The maximum absolute atomic E-state index is 5.75. The van der Waals surface area contributed by atoms with E-state index in [9.17, 15) is 0 Å². The smallest absolute Gasteiger partial charge is 0.145 e. The van der Waals surface area contributed by atoms with E-state index in [1.807, 2.05) is 45.0 Å². The van der Waals surface area contributed by atoms with E-state index < -0.39 is 0 Å². The molecule has 1 aromatic heterocycles. The zero-order valence-corrected chi connectivity index (χ0v) is 11.2. The Hall–Kier alpha value is -1.09. The fourth-order valence-electron chi connectivity index (χ4n) is 1.65. The summed E-state index contributed by atoms with van der Waals surface area (Å²) in [5.41, 5.74) is 1.90. The second-order valence-corrected chi connectivity index (χ2v) is 4.92. The third-order valence-electron chi connectivity index (χ3n) is 2.24. The molecule has 0 atom stereocenters. The summed E-state index contributed by atoms with van der Waals surface area (Å²) in [6.07, 6.45) is 0.159. The van der Waals surface area contributed by atoms with Crippen LogP contribution in [0.1, 0.15) is 19.5 Å².